The van der Waals surface area contributed by atoms with Crippen LogP contribution in [0.3, 0.4) is 0 Å². The lowest BCUT2D eigenvalue weighted by molar-refractivity contribution is 0.00181. The normalized spacial score (nSPS) is 33.2. The van der Waals surface area contributed by atoms with Gasteiger partial charge < -0.3 is 15.4 Å². The molecule has 1 aliphatic heterocycles. The highest BCUT2D eigenvalue weighted by Crippen LogP contribution is 2.58. The van der Waals surface area contributed by atoms with Gasteiger partial charge >= 0.3 is 0 Å². The maximum atomic E-state index is 5.36. The van der Waals surface area contributed by atoms with E-state index in [1.807, 2.05) is 12.3 Å². The molecular formula is C14H20N4O. The molecule has 1 aromatic rings. The van der Waals surface area contributed by atoms with Crippen LogP contribution in [0.5, 0.6) is 0 Å². The van der Waals surface area contributed by atoms with Crippen LogP contribution in [0, 0.1) is 5.92 Å². The molecule has 1 aromatic heterocycles. The summed E-state index contributed by atoms with van der Waals surface area (Å²) in [6, 6.07) is 2.41. The second-order valence-corrected chi connectivity index (χ2v) is 6.18. The molecule has 0 spiro atoms. The van der Waals surface area contributed by atoms with E-state index in [0.29, 0.717) is 11.6 Å². The number of hydrogen-bond donors (Lipinski definition) is 2. The number of nitrogens with one attached hydrogen (secondary N) is 2. The number of anilines is 2. The Kier molecular flexibility index (Phi) is 2.62. The number of ether oxygens (including phenoxy) is 1. The summed E-state index contributed by atoms with van der Waals surface area (Å²) < 4.78 is 5.36. The molecule has 5 nitrogen and oxygen atoms in total. The van der Waals surface area contributed by atoms with Crippen LogP contribution in [-0.2, 0) is 4.74 Å². The molecule has 1 saturated heterocycles. The summed E-state index contributed by atoms with van der Waals surface area (Å²) in [5.74, 6) is 2.68. The Balaban J connectivity index is 1.41. The van der Waals surface area contributed by atoms with Crippen molar-refractivity contribution in [2.45, 2.75) is 43.7 Å². The van der Waals surface area contributed by atoms with Crippen LogP contribution in [-0.4, -0.2) is 34.8 Å². The first kappa shape index (κ1) is 11.5. The van der Waals surface area contributed by atoms with Crippen molar-refractivity contribution in [3.8, 4) is 0 Å². The SMILES string of the molecule is c1cc(NC23CC(C2)C3)nc(NC2CCOCC2)n1. The van der Waals surface area contributed by atoms with Crippen LogP contribution in [0.4, 0.5) is 11.8 Å². The van der Waals surface area contributed by atoms with E-state index in [2.05, 4.69) is 20.6 Å². The smallest absolute Gasteiger partial charge is 0.224 e. The highest BCUT2D eigenvalue weighted by molar-refractivity contribution is 5.45. The molecule has 3 aliphatic carbocycles. The van der Waals surface area contributed by atoms with Gasteiger partial charge in [-0.25, -0.2) is 4.98 Å². The van der Waals surface area contributed by atoms with E-state index in [4.69, 9.17) is 4.74 Å². The van der Waals surface area contributed by atoms with Gasteiger partial charge in [0.15, 0.2) is 0 Å². The van der Waals surface area contributed by atoms with Crippen molar-refractivity contribution in [1.82, 2.24) is 9.97 Å². The molecule has 4 fully saturated rings. The average molecular weight is 260 g/mol. The fourth-order valence-corrected chi connectivity index (χ4v) is 3.43. The lowest BCUT2D eigenvalue weighted by atomic mass is 9.50. The highest BCUT2D eigenvalue weighted by atomic mass is 16.5. The third-order valence-corrected chi connectivity index (χ3v) is 4.64. The molecule has 3 saturated carbocycles. The van der Waals surface area contributed by atoms with Gasteiger partial charge in [0.25, 0.3) is 0 Å². The number of nitrogens with zero attached hydrogens (tertiary/aromatic N) is 2. The molecule has 0 amide bonds. The maximum Gasteiger partial charge on any atom is 0.224 e. The summed E-state index contributed by atoms with van der Waals surface area (Å²) in [5.41, 5.74) is 0.370. The molecule has 2 N–H and O–H groups in total. The van der Waals surface area contributed by atoms with Gasteiger partial charge in [-0.15, -0.1) is 0 Å². The molecular weight excluding hydrogens is 240 g/mol. The van der Waals surface area contributed by atoms with Gasteiger partial charge in [0, 0.05) is 31.0 Å². The first-order valence-electron chi connectivity index (χ1n) is 7.27. The van der Waals surface area contributed by atoms with Gasteiger partial charge in [0.05, 0.1) is 0 Å². The van der Waals surface area contributed by atoms with Crippen molar-refractivity contribution in [3.05, 3.63) is 12.3 Å². The molecule has 0 unspecified atom stereocenters. The molecule has 0 atom stereocenters. The van der Waals surface area contributed by atoms with Gasteiger partial charge in [0.2, 0.25) is 5.95 Å². The molecule has 102 valence electrons. The molecule has 5 rings (SSSR count). The fourth-order valence-electron chi connectivity index (χ4n) is 3.43. The van der Waals surface area contributed by atoms with Gasteiger partial charge in [0.1, 0.15) is 5.82 Å². The van der Waals surface area contributed by atoms with Crippen LogP contribution < -0.4 is 10.6 Å². The van der Waals surface area contributed by atoms with Crippen LogP contribution in [0.15, 0.2) is 12.3 Å². The standard InChI is InChI=1S/C14H20N4O/c1-4-15-13(16-11-2-5-19-6-3-11)17-12(1)18-14-7-10(8-14)9-14/h1,4,10-11H,2-3,5-9H2,(H2,15,16,17,18). The van der Waals surface area contributed by atoms with Crippen molar-refractivity contribution in [3.63, 3.8) is 0 Å². The first-order valence-corrected chi connectivity index (χ1v) is 7.27. The molecule has 19 heavy (non-hydrogen) atoms. The van der Waals surface area contributed by atoms with Crippen LogP contribution in [0.2, 0.25) is 0 Å². The Morgan fingerprint density at radius 1 is 1.21 bits per heavy atom. The van der Waals surface area contributed by atoms with E-state index in [9.17, 15) is 0 Å². The Hall–Kier alpha value is -1.36. The van der Waals surface area contributed by atoms with Crippen LogP contribution in [0.25, 0.3) is 0 Å². The predicted octanol–water partition coefficient (Wildman–Crippen LogP) is 2.03. The predicted molar refractivity (Wildman–Crippen MR) is 73.2 cm³/mol. The molecule has 0 radical (unpaired) electrons. The second-order valence-electron chi connectivity index (χ2n) is 6.18. The maximum absolute atomic E-state index is 5.36. The van der Waals surface area contributed by atoms with E-state index in [-0.39, 0.29) is 0 Å². The van der Waals surface area contributed by atoms with Crippen LogP contribution >= 0.6 is 0 Å². The van der Waals surface area contributed by atoms with Crippen LogP contribution in [0.1, 0.15) is 32.1 Å². The molecule has 0 aromatic carbocycles. The Morgan fingerprint density at radius 3 is 2.68 bits per heavy atom. The van der Waals surface area contributed by atoms with Gasteiger partial charge in [-0.05, 0) is 44.1 Å². The Labute approximate surface area is 113 Å². The lowest BCUT2D eigenvalue weighted by Crippen LogP contribution is -2.63. The zero-order valence-electron chi connectivity index (χ0n) is 11.1. The minimum atomic E-state index is 0.370. The zero-order valence-corrected chi connectivity index (χ0v) is 11.1. The van der Waals surface area contributed by atoms with Crippen molar-refractivity contribution >= 4 is 11.8 Å². The summed E-state index contributed by atoms with van der Waals surface area (Å²) in [5, 5.41) is 7.00. The van der Waals surface area contributed by atoms with E-state index in [1.54, 1.807) is 0 Å². The minimum Gasteiger partial charge on any atom is -0.381 e. The number of hydrogen-bond acceptors (Lipinski definition) is 5. The summed E-state index contributed by atoms with van der Waals surface area (Å²) in [6.45, 7) is 1.67. The number of aromatic nitrogens is 2. The van der Waals surface area contributed by atoms with Gasteiger partial charge in [-0.3, -0.25) is 0 Å². The summed E-state index contributed by atoms with van der Waals surface area (Å²) >= 11 is 0. The topological polar surface area (TPSA) is 59.1 Å². The Morgan fingerprint density at radius 2 is 2.00 bits per heavy atom. The third-order valence-electron chi connectivity index (χ3n) is 4.64. The van der Waals surface area contributed by atoms with Crippen molar-refractivity contribution < 1.29 is 4.74 Å². The average Bonchev–Trinajstić information content (AvgIpc) is 2.34. The Bertz CT molecular complexity index is 455. The third kappa shape index (κ3) is 2.16. The lowest BCUT2D eigenvalue weighted by Gasteiger charge is -2.62. The first-order chi connectivity index (χ1) is 9.31. The van der Waals surface area contributed by atoms with E-state index >= 15 is 0 Å². The second kappa shape index (κ2) is 4.34. The van der Waals surface area contributed by atoms with Crippen molar-refractivity contribution in [2.75, 3.05) is 23.8 Å². The molecule has 2 bridgehead atoms. The van der Waals surface area contributed by atoms with Crippen molar-refractivity contribution in [2.24, 2.45) is 5.92 Å². The van der Waals surface area contributed by atoms with E-state index < -0.39 is 0 Å². The quantitative estimate of drug-likeness (QED) is 0.867. The zero-order chi connectivity index (χ0) is 12.7. The molecule has 5 heteroatoms. The largest absolute Gasteiger partial charge is 0.381 e. The number of rotatable bonds is 4. The molecule has 4 aliphatic rings. The minimum absolute atomic E-state index is 0.370. The van der Waals surface area contributed by atoms with E-state index in [1.165, 1.54) is 19.3 Å². The van der Waals surface area contributed by atoms with Crippen molar-refractivity contribution in [1.29, 1.82) is 0 Å². The summed E-state index contributed by atoms with van der Waals surface area (Å²) in [6.07, 6.45) is 7.86. The highest BCUT2D eigenvalue weighted by Gasteiger charge is 2.56. The molecule has 2 heterocycles. The van der Waals surface area contributed by atoms with E-state index in [0.717, 1.165) is 43.7 Å². The van der Waals surface area contributed by atoms with Gasteiger partial charge in [-0.2, -0.15) is 4.98 Å². The van der Waals surface area contributed by atoms with Gasteiger partial charge in [-0.1, -0.05) is 0 Å². The monoisotopic (exact) mass is 260 g/mol. The fraction of sp³-hybridized carbons (Fsp3) is 0.714. The summed E-state index contributed by atoms with van der Waals surface area (Å²) in [4.78, 5) is 8.90. The summed E-state index contributed by atoms with van der Waals surface area (Å²) in [7, 11) is 0.